The fourth-order valence-electron chi connectivity index (χ4n) is 3.33. The van der Waals surface area contributed by atoms with Crippen LogP contribution in [-0.2, 0) is 4.79 Å². The summed E-state index contributed by atoms with van der Waals surface area (Å²) in [5.41, 5.74) is 2.77. The molecule has 146 valence electrons. The van der Waals surface area contributed by atoms with Crippen molar-refractivity contribution in [3.63, 3.8) is 0 Å². The van der Waals surface area contributed by atoms with Crippen molar-refractivity contribution in [2.24, 2.45) is 0 Å². The number of rotatable bonds is 4. The number of hydrogen-bond acceptors (Lipinski definition) is 3. The molecule has 1 aliphatic heterocycles. The largest absolute Gasteiger partial charge is 0.458 e. The summed E-state index contributed by atoms with van der Waals surface area (Å²) >= 11 is 17.8. The van der Waals surface area contributed by atoms with Crippen LogP contribution in [0.5, 0.6) is 0 Å². The minimum atomic E-state index is -0.525. The zero-order chi connectivity index (χ0) is 20.5. The van der Waals surface area contributed by atoms with E-state index in [1.54, 1.807) is 24.3 Å². The number of carbonyl (C=O) groups is 1. The Hall–Kier alpha value is -2.60. The number of halogens is 2. The molecule has 1 atom stereocenters. The SMILES string of the molecule is CC(=O)C1=C(c2ccccc2)NC(=S)NC1c1ccc(-c2cc(Cl)ccc2Cl)o1. The Bertz CT molecular complexity index is 1140. The normalized spacial score (nSPS) is 16.4. The fourth-order valence-corrected chi connectivity index (χ4v) is 3.93. The van der Waals surface area contributed by atoms with Crippen LogP contribution in [0.3, 0.4) is 0 Å². The van der Waals surface area contributed by atoms with E-state index in [1.807, 2.05) is 36.4 Å². The molecule has 1 unspecified atom stereocenters. The monoisotopic (exact) mass is 442 g/mol. The van der Waals surface area contributed by atoms with E-state index < -0.39 is 6.04 Å². The molecule has 2 aromatic carbocycles. The van der Waals surface area contributed by atoms with E-state index in [0.717, 1.165) is 5.56 Å². The van der Waals surface area contributed by atoms with Gasteiger partial charge in [-0.2, -0.15) is 0 Å². The third-order valence-corrected chi connectivity index (χ3v) is 5.40. The number of benzene rings is 2. The van der Waals surface area contributed by atoms with Gasteiger partial charge in [0.15, 0.2) is 10.9 Å². The molecule has 0 spiro atoms. The highest BCUT2D eigenvalue weighted by atomic mass is 35.5. The van der Waals surface area contributed by atoms with Crippen molar-refractivity contribution in [2.45, 2.75) is 13.0 Å². The Morgan fingerprint density at radius 3 is 2.55 bits per heavy atom. The second-order valence-corrected chi connectivity index (χ2v) is 7.82. The molecule has 0 saturated carbocycles. The first kappa shape index (κ1) is 19.7. The molecule has 0 saturated heterocycles. The second kappa shape index (κ2) is 8.03. The summed E-state index contributed by atoms with van der Waals surface area (Å²) in [5.74, 6) is 1.02. The lowest BCUT2D eigenvalue weighted by atomic mass is 9.94. The minimum Gasteiger partial charge on any atom is -0.458 e. The molecule has 0 aliphatic carbocycles. The van der Waals surface area contributed by atoms with E-state index >= 15 is 0 Å². The Morgan fingerprint density at radius 1 is 1.07 bits per heavy atom. The van der Waals surface area contributed by atoms with Crippen LogP contribution in [0.1, 0.15) is 24.3 Å². The van der Waals surface area contributed by atoms with Crippen LogP contribution in [0.4, 0.5) is 0 Å². The second-order valence-electron chi connectivity index (χ2n) is 6.57. The highest BCUT2D eigenvalue weighted by Crippen LogP contribution is 2.37. The predicted molar refractivity (Wildman–Crippen MR) is 120 cm³/mol. The van der Waals surface area contributed by atoms with E-state index in [2.05, 4.69) is 10.6 Å². The third kappa shape index (κ3) is 3.94. The molecular formula is C22H16Cl2N2O2S. The van der Waals surface area contributed by atoms with Gasteiger partial charge in [0, 0.05) is 16.2 Å². The molecule has 1 aromatic heterocycles. The van der Waals surface area contributed by atoms with Crippen molar-refractivity contribution in [1.82, 2.24) is 10.6 Å². The summed E-state index contributed by atoms with van der Waals surface area (Å²) in [6.45, 7) is 1.53. The van der Waals surface area contributed by atoms with E-state index in [1.165, 1.54) is 6.92 Å². The van der Waals surface area contributed by atoms with E-state index in [-0.39, 0.29) is 5.78 Å². The molecule has 2 heterocycles. The lowest BCUT2D eigenvalue weighted by Crippen LogP contribution is -2.44. The van der Waals surface area contributed by atoms with Crippen molar-refractivity contribution < 1.29 is 9.21 Å². The topological polar surface area (TPSA) is 54.3 Å². The number of ketones is 1. The maximum atomic E-state index is 12.6. The Labute approximate surface area is 183 Å². The average Bonchev–Trinajstić information content (AvgIpc) is 3.19. The van der Waals surface area contributed by atoms with E-state index in [0.29, 0.717) is 43.5 Å². The molecule has 2 N–H and O–H groups in total. The predicted octanol–water partition coefficient (Wildman–Crippen LogP) is 5.77. The third-order valence-electron chi connectivity index (χ3n) is 4.62. The van der Waals surface area contributed by atoms with Gasteiger partial charge < -0.3 is 15.1 Å². The van der Waals surface area contributed by atoms with Crippen LogP contribution >= 0.6 is 35.4 Å². The quantitative estimate of drug-likeness (QED) is 0.502. The molecule has 29 heavy (non-hydrogen) atoms. The van der Waals surface area contributed by atoms with Crippen molar-refractivity contribution in [3.8, 4) is 11.3 Å². The summed E-state index contributed by atoms with van der Waals surface area (Å²) in [4.78, 5) is 12.6. The van der Waals surface area contributed by atoms with Gasteiger partial charge in [0.2, 0.25) is 0 Å². The Kier molecular flexibility index (Phi) is 5.46. The summed E-state index contributed by atoms with van der Waals surface area (Å²) in [5, 5.41) is 7.75. The average molecular weight is 443 g/mol. The standard InChI is InChI=1S/C22H16Cl2N2O2S/c1-12(27)19-20(13-5-3-2-4-6-13)25-22(29)26-21(19)18-10-9-17(28-18)15-11-14(23)7-8-16(15)24/h2-11,21H,1H3,(H2,25,26,29). The van der Waals surface area contributed by atoms with Gasteiger partial charge in [0.05, 0.1) is 10.7 Å². The molecule has 4 nitrogen and oxygen atoms in total. The molecule has 0 fully saturated rings. The van der Waals surface area contributed by atoms with Crippen LogP contribution in [0.2, 0.25) is 10.0 Å². The number of Topliss-reactive ketones (excluding diaryl/α,β-unsaturated/α-hetero) is 1. The fraction of sp³-hybridized carbons (Fsp3) is 0.0909. The number of carbonyl (C=O) groups excluding carboxylic acids is 1. The van der Waals surface area contributed by atoms with Gasteiger partial charge in [-0.1, -0.05) is 53.5 Å². The number of thiocarbonyl (C=S) groups is 1. The summed E-state index contributed by atoms with van der Waals surface area (Å²) in [7, 11) is 0. The molecule has 4 rings (SSSR count). The number of nitrogens with one attached hydrogen (secondary N) is 2. The zero-order valence-electron chi connectivity index (χ0n) is 15.3. The Morgan fingerprint density at radius 2 is 1.83 bits per heavy atom. The summed E-state index contributed by atoms with van der Waals surface area (Å²) < 4.78 is 6.08. The van der Waals surface area contributed by atoms with Crippen molar-refractivity contribution >= 4 is 52.0 Å². The summed E-state index contributed by atoms with van der Waals surface area (Å²) in [6.07, 6.45) is 0. The van der Waals surface area contributed by atoms with Gasteiger partial charge in [-0.3, -0.25) is 4.79 Å². The first-order valence-electron chi connectivity index (χ1n) is 8.87. The molecule has 0 amide bonds. The van der Waals surface area contributed by atoms with Gasteiger partial charge >= 0.3 is 0 Å². The van der Waals surface area contributed by atoms with Crippen LogP contribution in [-0.4, -0.2) is 10.9 Å². The number of hydrogen-bond donors (Lipinski definition) is 2. The minimum absolute atomic E-state index is 0.0879. The first-order chi connectivity index (χ1) is 13.9. The van der Waals surface area contributed by atoms with Gasteiger partial charge in [-0.05, 0) is 55.0 Å². The van der Waals surface area contributed by atoms with E-state index in [9.17, 15) is 4.79 Å². The van der Waals surface area contributed by atoms with Crippen LogP contribution in [0, 0.1) is 0 Å². The maximum absolute atomic E-state index is 12.6. The molecule has 0 bridgehead atoms. The van der Waals surface area contributed by atoms with Crippen molar-refractivity contribution in [1.29, 1.82) is 0 Å². The van der Waals surface area contributed by atoms with Gasteiger partial charge in [-0.25, -0.2) is 0 Å². The van der Waals surface area contributed by atoms with Crippen LogP contribution in [0.15, 0.2) is 70.7 Å². The van der Waals surface area contributed by atoms with Gasteiger partial charge in [0.1, 0.15) is 17.6 Å². The Balaban J connectivity index is 1.81. The number of furan rings is 1. The highest BCUT2D eigenvalue weighted by Gasteiger charge is 2.32. The molecule has 0 radical (unpaired) electrons. The maximum Gasteiger partial charge on any atom is 0.171 e. The van der Waals surface area contributed by atoms with E-state index in [4.69, 9.17) is 39.8 Å². The zero-order valence-corrected chi connectivity index (χ0v) is 17.7. The highest BCUT2D eigenvalue weighted by molar-refractivity contribution is 7.80. The van der Waals surface area contributed by atoms with Crippen molar-refractivity contribution in [3.05, 3.63) is 87.6 Å². The smallest absolute Gasteiger partial charge is 0.171 e. The van der Waals surface area contributed by atoms with Crippen LogP contribution < -0.4 is 10.6 Å². The molecule has 1 aliphatic rings. The molecule has 7 heteroatoms. The van der Waals surface area contributed by atoms with Gasteiger partial charge in [-0.15, -0.1) is 0 Å². The van der Waals surface area contributed by atoms with Crippen molar-refractivity contribution in [2.75, 3.05) is 0 Å². The first-order valence-corrected chi connectivity index (χ1v) is 10.0. The lowest BCUT2D eigenvalue weighted by Gasteiger charge is -2.29. The molecule has 3 aromatic rings. The van der Waals surface area contributed by atoms with Crippen LogP contribution in [0.25, 0.3) is 17.0 Å². The lowest BCUT2D eigenvalue weighted by molar-refractivity contribution is -0.113. The molecular weight excluding hydrogens is 427 g/mol. The summed E-state index contributed by atoms with van der Waals surface area (Å²) in [6, 6.07) is 17.9. The van der Waals surface area contributed by atoms with Gasteiger partial charge in [0.25, 0.3) is 0 Å².